The molecule has 0 aliphatic rings. The third kappa shape index (κ3) is 1.38. The predicted octanol–water partition coefficient (Wildman–Crippen LogP) is 0.452. The minimum Gasteiger partial charge on any atom is -0.324 e. The van der Waals surface area contributed by atoms with E-state index in [1.54, 1.807) is 10.7 Å². The highest BCUT2D eigenvalue weighted by Gasteiger charge is 2.04. The summed E-state index contributed by atoms with van der Waals surface area (Å²) in [7, 11) is 0. The summed E-state index contributed by atoms with van der Waals surface area (Å²) in [4.78, 5) is 8.25. The number of aryl methyl sites for hydroxylation is 1. The molecule has 1 atom stereocenters. The summed E-state index contributed by atoms with van der Waals surface area (Å²) in [5.74, 6) is 1.33. The van der Waals surface area contributed by atoms with E-state index in [-0.39, 0.29) is 6.04 Å². The first-order chi connectivity index (χ1) is 6.16. The Morgan fingerprint density at radius 1 is 1.54 bits per heavy atom. The van der Waals surface area contributed by atoms with Gasteiger partial charge in [0.15, 0.2) is 0 Å². The quantitative estimate of drug-likeness (QED) is 0.686. The Labute approximate surface area is 75.6 Å². The molecule has 0 saturated heterocycles. The van der Waals surface area contributed by atoms with Crippen LogP contribution in [-0.4, -0.2) is 19.6 Å². The van der Waals surface area contributed by atoms with E-state index in [1.807, 2.05) is 20.0 Å². The van der Waals surface area contributed by atoms with Crippen LogP contribution in [0.15, 0.2) is 12.4 Å². The van der Waals surface area contributed by atoms with E-state index in [9.17, 15) is 0 Å². The van der Waals surface area contributed by atoms with E-state index >= 15 is 0 Å². The van der Waals surface area contributed by atoms with Gasteiger partial charge < -0.3 is 5.73 Å². The first kappa shape index (κ1) is 8.12. The van der Waals surface area contributed by atoms with E-state index in [1.165, 1.54) is 0 Å². The molecule has 0 bridgehead atoms. The lowest BCUT2D eigenvalue weighted by atomic mass is 10.2. The van der Waals surface area contributed by atoms with Crippen molar-refractivity contribution < 1.29 is 0 Å². The van der Waals surface area contributed by atoms with Gasteiger partial charge in [-0.05, 0) is 13.8 Å². The van der Waals surface area contributed by atoms with Gasteiger partial charge in [0, 0.05) is 24.0 Å². The average Bonchev–Trinajstić information content (AvgIpc) is 2.42. The van der Waals surface area contributed by atoms with Crippen molar-refractivity contribution in [2.45, 2.75) is 19.9 Å². The van der Waals surface area contributed by atoms with Gasteiger partial charge >= 0.3 is 0 Å². The van der Waals surface area contributed by atoms with Crippen molar-refractivity contribution in [1.29, 1.82) is 0 Å². The van der Waals surface area contributed by atoms with Gasteiger partial charge in [0.05, 0.1) is 0 Å². The third-order valence-electron chi connectivity index (χ3n) is 1.85. The maximum Gasteiger partial charge on any atom is 0.252 e. The second kappa shape index (κ2) is 2.77. The van der Waals surface area contributed by atoms with Gasteiger partial charge in [-0.25, -0.2) is 9.50 Å². The molecule has 68 valence electrons. The Bertz CT molecular complexity index is 431. The minimum absolute atomic E-state index is 0.0265. The highest BCUT2D eigenvalue weighted by Crippen LogP contribution is 2.07. The SMILES string of the molecule is Cc1nc2ncc(C(C)N)cn2n1. The lowest BCUT2D eigenvalue weighted by molar-refractivity contribution is 0.784. The highest BCUT2D eigenvalue weighted by atomic mass is 15.3. The number of fused-ring (bicyclic) bond motifs is 1. The summed E-state index contributed by atoms with van der Waals surface area (Å²) in [5, 5.41) is 4.14. The Morgan fingerprint density at radius 3 is 3.00 bits per heavy atom. The van der Waals surface area contributed by atoms with Gasteiger partial charge in [0.25, 0.3) is 5.78 Å². The molecule has 2 aromatic heterocycles. The molecule has 13 heavy (non-hydrogen) atoms. The molecule has 0 amide bonds. The van der Waals surface area contributed by atoms with E-state index in [4.69, 9.17) is 5.73 Å². The number of nitrogens with zero attached hydrogens (tertiary/aromatic N) is 4. The fourth-order valence-electron chi connectivity index (χ4n) is 1.14. The van der Waals surface area contributed by atoms with Crippen LogP contribution in [0.3, 0.4) is 0 Å². The fourth-order valence-corrected chi connectivity index (χ4v) is 1.14. The topological polar surface area (TPSA) is 69.1 Å². The molecule has 0 radical (unpaired) electrons. The van der Waals surface area contributed by atoms with Crippen molar-refractivity contribution in [3.63, 3.8) is 0 Å². The molecule has 0 spiro atoms. The molecule has 2 heterocycles. The molecule has 5 nitrogen and oxygen atoms in total. The monoisotopic (exact) mass is 177 g/mol. The van der Waals surface area contributed by atoms with Crippen molar-refractivity contribution in [3.05, 3.63) is 23.8 Å². The molecule has 0 aromatic carbocycles. The van der Waals surface area contributed by atoms with Crippen molar-refractivity contribution in [1.82, 2.24) is 19.6 Å². The van der Waals surface area contributed by atoms with Crippen LogP contribution in [0, 0.1) is 6.92 Å². The van der Waals surface area contributed by atoms with Crippen LogP contribution in [-0.2, 0) is 0 Å². The normalized spacial score (nSPS) is 13.5. The summed E-state index contributed by atoms with van der Waals surface area (Å²) in [5.41, 5.74) is 6.67. The van der Waals surface area contributed by atoms with Gasteiger partial charge in [-0.15, -0.1) is 0 Å². The molecule has 0 aliphatic heterocycles. The summed E-state index contributed by atoms with van der Waals surface area (Å²) in [6.45, 7) is 3.74. The Morgan fingerprint density at radius 2 is 2.31 bits per heavy atom. The number of hydrogen-bond donors (Lipinski definition) is 1. The predicted molar refractivity (Wildman–Crippen MR) is 48.1 cm³/mol. The Kier molecular flexibility index (Phi) is 1.73. The Balaban J connectivity index is 2.61. The molecule has 2 aromatic rings. The first-order valence-corrected chi connectivity index (χ1v) is 4.11. The molecule has 2 rings (SSSR count). The smallest absolute Gasteiger partial charge is 0.252 e. The van der Waals surface area contributed by atoms with Crippen LogP contribution >= 0.6 is 0 Å². The zero-order valence-electron chi connectivity index (χ0n) is 7.60. The van der Waals surface area contributed by atoms with Crippen LogP contribution in [0.1, 0.15) is 24.4 Å². The van der Waals surface area contributed by atoms with Crippen LogP contribution in [0.5, 0.6) is 0 Å². The zero-order chi connectivity index (χ0) is 9.42. The lowest BCUT2D eigenvalue weighted by Crippen LogP contribution is -2.07. The fraction of sp³-hybridized carbons (Fsp3) is 0.375. The molecule has 0 aliphatic carbocycles. The van der Waals surface area contributed by atoms with Gasteiger partial charge in [0.2, 0.25) is 0 Å². The van der Waals surface area contributed by atoms with Crippen molar-refractivity contribution in [2.24, 2.45) is 5.73 Å². The maximum absolute atomic E-state index is 5.71. The number of hydrogen-bond acceptors (Lipinski definition) is 4. The standard InChI is InChI=1S/C8H11N5/c1-5(9)7-3-10-8-11-6(2)12-13(8)4-7/h3-5H,9H2,1-2H3. The van der Waals surface area contributed by atoms with Crippen molar-refractivity contribution in [3.8, 4) is 0 Å². The number of nitrogens with two attached hydrogens (primary N) is 1. The summed E-state index contributed by atoms with van der Waals surface area (Å²) in [6.07, 6.45) is 3.58. The molecule has 0 saturated carbocycles. The third-order valence-corrected chi connectivity index (χ3v) is 1.85. The van der Waals surface area contributed by atoms with E-state index in [2.05, 4.69) is 15.1 Å². The number of rotatable bonds is 1. The summed E-state index contributed by atoms with van der Waals surface area (Å²) >= 11 is 0. The number of aromatic nitrogens is 4. The van der Waals surface area contributed by atoms with Gasteiger partial charge in [0.1, 0.15) is 5.82 Å². The Hall–Kier alpha value is -1.49. The van der Waals surface area contributed by atoms with Gasteiger partial charge in [-0.1, -0.05) is 0 Å². The van der Waals surface area contributed by atoms with E-state index in [0.29, 0.717) is 11.6 Å². The zero-order valence-corrected chi connectivity index (χ0v) is 7.60. The molecular weight excluding hydrogens is 166 g/mol. The molecule has 0 fully saturated rings. The average molecular weight is 177 g/mol. The van der Waals surface area contributed by atoms with Crippen molar-refractivity contribution in [2.75, 3.05) is 0 Å². The molecular formula is C8H11N5. The lowest BCUT2D eigenvalue weighted by Gasteiger charge is -2.03. The van der Waals surface area contributed by atoms with Gasteiger partial charge in [-0.2, -0.15) is 10.1 Å². The summed E-state index contributed by atoms with van der Waals surface area (Å²) < 4.78 is 1.65. The van der Waals surface area contributed by atoms with Crippen molar-refractivity contribution >= 4 is 5.78 Å². The maximum atomic E-state index is 5.71. The largest absolute Gasteiger partial charge is 0.324 e. The van der Waals surface area contributed by atoms with Crippen LogP contribution < -0.4 is 5.73 Å². The first-order valence-electron chi connectivity index (χ1n) is 4.11. The molecule has 5 heteroatoms. The second-order valence-corrected chi connectivity index (χ2v) is 3.08. The van der Waals surface area contributed by atoms with Crippen LogP contribution in [0.4, 0.5) is 0 Å². The second-order valence-electron chi connectivity index (χ2n) is 3.08. The highest BCUT2D eigenvalue weighted by molar-refractivity contribution is 5.28. The van der Waals surface area contributed by atoms with Crippen LogP contribution in [0.2, 0.25) is 0 Å². The minimum atomic E-state index is -0.0265. The van der Waals surface area contributed by atoms with Gasteiger partial charge in [-0.3, -0.25) is 0 Å². The molecule has 2 N–H and O–H groups in total. The molecule has 1 unspecified atom stereocenters. The van der Waals surface area contributed by atoms with E-state index in [0.717, 1.165) is 5.56 Å². The van der Waals surface area contributed by atoms with Crippen LogP contribution in [0.25, 0.3) is 5.78 Å². The summed E-state index contributed by atoms with van der Waals surface area (Å²) in [6, 6.07) is -0.0265. The van der Waals surface area contributed by atoms with E-state index < -0.39 is 0 Å².